The molecule has 1 saturated heterocycles. The molecule has 86 valence electrons. The van der Waals surface area contributed by atoms with Crippen molar-refractivity contribution in [2.45, 2.75) is 45.2 Å². The Labute approximate surface area is 89.4 Å². The van der Waals surface area contributed by atoms with Crippen molar-refractivity contribution in [2.24, 2.45) is 0 Å². The van der Waals surface area contributed by atoms with Crippen molar-refractivity contribution in [3.05, 3.63) is 0 Å². The first-order valence-electron chi connectivity index (χ1n) is 5.29. The van der Waals surface area contributed by atoms with Gasteiger partial charge in [0.1, 0.15) is 0 Å². The Morgan fingerprint density at radius 3 is 2.73 bits per heavy atom. The number of carboxylic acids is 1. The number of carboxylic acid groups (broad SMARTS) is 1. The van der Waals surface area contributed by atoms with Crippen molar-refractivity contribution in [3.63, 3.8) is 0 Å². The van der Waals surface area contributed by atoms with Crippen LogP contribution in [0.2, 0.25) is 0 Å². The maximum atomic E-state index is 11.7. The molecule has 15 heavy (non-hydrogen) atoms. The molecule has 0 aromatic carbocycles. The van der Waals surface area contributed by atoms with Gasteiger partial charge >= 0.3 is 12.0 Å². The lowest BCUT2D eigenvalue weighted by molar-refractivity contribution is -0.137. The lowest BCUT2D eigenvalue weighted by atomic mass is 10.1. The minimum absolute atomic E-state index is 0.0471. The zero-order valence-corrected chi connectivity index (χ0v) is 9.19. The molecule has 0 aromatic rings. The molecule has 0 radical (unpaired) electrons. The maximum absolute atomic E-state index is 11.7. The summed E-state index contributed by atoms with van der Waals surface area (Å²) in [5.74, 6) is -0.843. The molecule has 0 aliphatic carbocycles. The summed E-state index contributed by atoms with van der Waals surface area (Å²) in [6, 6.07) is -0.196. The van der Waals surface area contributed by atoms with E-state index in [-0.39, 0.29) is 24.5 Å². The van der Waals surface area contributed by atoms with Gasteiger partial charge in [-0.2, -0.15) is 0 Å². The first-order valence-corrected chi connectivity index (χ1v) is 5.29. The highest BCUT2D eigenvalue weighted by molar-refractivity contribution is 5.76. The van der Waals surface area contributed by atoms with E-state index in [1.807, 2.05) is 13.8 Å². The molecule has 0 aromatic heterocycles. The largest absolute Gasteiger partial charge is 0.481 e. The quantitative estimate of drug-likeness (QED) is 0.737. The number of likely N-dealkylation sites (tertiary alicyclic amines) is 1. The first kappa shape index (κ1) is 11.8. The summed E-state index contributed by atoms with van der Waals surface area (Å²) in [5, 5.41) is 11.5. The fourth-order valence-electron chi connectivity index (χ4n) is 1.85. The molecule has 1 rings (SSSR count). The summed E-state index contributed by atoms with van der Waals surface area (Å²) in [6.45, 7) is 4.44. The fraction of sp³-hybridized carbons (Fsp3) is 0.800. The van der Waals surface area contributed by atoms with Gasteiger partial charge in [-0.3, -0.25) is 4.79 Å². The van der Waals surface area contributed by atoms with Gasteiger partial charge in [0, 0.05) is 18.6 Å². The molecule has 2 N–H and O–H groups in total. The molecule has 1 unspecified atom stereocenters. The number of urea groups is 1. The molecule has 0 spiro atoms. The average Bonchev–Trinajstić information content (AvgIpc) is 2.49. The monoisotopic (exact) mass is 214 g/mol. The van der Waals surface area contributed by atoms with Gasteiger partial charge in [-0.05, 0) is 26.7 Å². The van der Waals surface area contributed by atoms with Gasteiger partial charge in [0.2, 0.25) is 0 Å². The van der Waals surface area contributed by atoms with Crippen LogP contribution in [0.15, 0.2) is 0 Å². The highest BCUT2D eigenvalue weighted by Crippen LogP contribution is 2.20. The van der Waals surface area contributed by atoms with Gasteiger partial charge in [-0.15, -0.1) is 0 Å². The second kappa shape index (κ2) is 5.00. The van der Waals surface area contributed by atoms with E-state index in [4.69, 9.17) is 5.11 Å². The van der Waals surface area contributed by atoms with Crippen molar-refractivity contribution >= 4 is 12.0 Å². The molecule has 1 aliphatic heterocycles. The smallest absolute Gasteiger partial charge is 0.317 e. The predicted octanol–water partition coefficient (Wildman–Crippen LogP) is 1.04. The number of hydrogen-bond donors (Lipinski definition) is 2. The third-order valence-electron chi connectivity index (χ3n) is 2.46. The lowest BCUT2D eigenvalue weighted by Crippen LogP contribution is -2.45. The molecule has 0 bridgehead atoms. The van der Waals surface area contributed by atoms with E-state index in [0.717, 1.165) is 12.8 Å². The second-order valence-electron chi connectivity index (χ2n) is 4.19. The molecule has 1 aliphatic rings. The van der Waals surface area contributed by atoms with E-state index in [2.05, 4.69) is 5.32 Å². The first-order chi connectivity index (χ1) is 7.00. The summed E-state index contributed by atoms with van der Waals surface area (Å²) in [7, 11) is 0. The third kappa shape index (κ3) is 3.42. The van der Waals surface area contributed by atoms with Crippen LogP contribution in [0.4, 0.5) is 4.79 Å². The van der Waals surface area contributed by atoms with Crippen molar-refractivity contribution in [3.8, 4) is 0 Å². The minimum atomic E-state index is -0.843. The summed E-state index contributed by atoms with van der Waals surface area (Å²) in [6.07, 6.45) is 1.73. The number of amides is 2. The molecule has 1 fully saturated rings. The van der Waals surface area contributed by atoms with E-state index >= 15 is 0 Å². The summed E-state index contributed by atoms with van der Waals surface area (Å²) >= 11 is 0. The highest BCUT2D eigenvalue weighted by Gasteiger charge is 2.30. The third-order valence-corrected chi connectivity index (χ3v) is 2.46. The van der Waals surface area contributed by atoms with E-state index in [9.17, 15) is 9.59 Å². The van der Waals surface area contributed by atoms with Gasteiger partial charge in [0.25, 0.3) is 0 Å². The van der Waals surface area contributed by atoms with Gasteiger partial charge in [0.05, 0.1) is 6.42 Å². The summed E-state index contributed by atoms with van der Waals surface area (Å²) in [4.78, 5) is 23.9. The van der Waals surface area contributed by atoms with Crippen LogP contribution in [0.3, 0.4) is 0 Å². The lowest BCUT2D eigenvalue weighted by Gasteiger charge is -2.24. The Bertz CT molecular complexity index is 253. The number of aliphatic carboxylic acids is 1. The fourth-order valence-corrected chi connectivity index (χ4v) is 1.85. The molecule has 5 heteroatoms. The molecule has 1 atom stereocenters. The van der Waals surface area contributed by atoms with Crippen molar-refractivity contribution in [1.82, 2.24) is 10.2 Å². The number of carbonyl (C=O) groups is 2. The minimum Gasteiger partial charge on any atom is -0.481 e. The SMILES string of the molecule is CC(C)NC(=O)N1CCCC1CC(=O)O. The van der Waals surface area contributed by atoms with Crippen LogP contribution in [0.5, 0.6) is 0 Å². The van der Waals surface area contributed by atoms with Crippen LogP contribution in [0, 0.1) is 0 Å². The molecular formula is C10H18N2O3. The zero-order valence-electron chi connectivity index (χ0n) is 9.19. The molecule has 1 heterocycles. The number of carbonyl (C=O) groups excluding carboxylic acids is 1. The van der Waals surface area contributed by atoms with E-state index in [1.165, 1.54) is 0 Å². The number of hydrogen-bond acceptors (Lipinski definition) is 2. The standard InChI is InChI=1S/C10H18N2O3/c1-7(2)11-10(15)12-5-3-4-8(12)6-9(13)14/h7-8H,3-6H2,1-2H3,(H,11,15)(H,13,14). The van der Waals surface area contributed by atoms with Gasteiger partial charge in [-0.1, -0.05) is 0 Å². The number of nitrogens with zero attached hydrogens (tertiary/aromatic N) is 1. The van der Waals surface area contributed by atoms with Crippen molar-refractivity contribution in [1.29, 1.82) is 0 Å². The van der Waals surface area contributed by atoms with Crippen LogP contribution in [-0.2, 0) is 4.79 Å². The van der Waals surface area contributed by atoms with Gasteiger partial charge in [0.15, 0.2) is 0 Å². The van der Waals surface area contributed by atoms with E-state index in [1.54, 1.807) is 4.90 Å². The van der Waals surface area contributed by atoms with Crippen LogP contribution in [0.25, 0.3) is 0 Å². The molecular weight excluding hydrogens is 196 g/mol. The zero-order chi connectivity index (χ0) is 11.4. The van der Waals surface area contributed by atoms with Crippen molar-refractivity contribution in [2.75, 3.05) is 6.54 Å². The van der Waals surface area contributed by atoms with Crippen LogP contribution >= 0.6 is 0 Å². The Kier molecular flexibility index (Phi) is 3.94. The van der Waals surface area contributed by atoms with Crippen LogP contribution < -0.4 is 5.32 Å². The Morgan fingerprint density at radius 1 is 1.53 bits per heavy atom. The topological polar surface area (TPSA) is 69.6 Å². The van der Waals surface area contributed by atoms with E-state index < -0.39 is 5.97 Å². The normalized spacial score (nSPS) is 20.7. The second-order valence-corrected chi connectivity index (χ2v) is 4.19. The highest BCUT2D eigenvalue weighted by atomic mass is 16.4. The number of nitrogens with one attached hydrogen (secondary N) is 1. The van der Waals surface area contributed by atoms with Gasteiger partial charge in [-0.25, -0.2) is 4.79 Å². The predicted molar refractivity (Wildman–Crippen MR) is 55.6 cm³/mol. The van der Waals surface area contributed by atoms with Crippen molar-refractivity contribution < 1.29 is 14.7 Å². The molecule has 5 nitrogen and oxygen atoms in total. The Morgan fingerprint density at radius 2 is 2.20 bits per heavy atom. The summed E-state index contributed by atoms with van der Waals surface area (Å²) < 4.78 is 0. The Hall–Kier alpha value is -1.26. The number of rotatable bonds is 3. The van der Waals surface area contributed by atoms with Gasteiger partial charge < -0.3 is 15.3 Å². The Balaban J connectivity index is 2.52. The average molecular weight is 214 g/mol. The molecule has 0 saturated carbocycles. The van der Waals surface area contributed by atoms with E-state index in [0.29, 0.717) is 6.54 Å². The van der Waals surface area contributed by atoms with Crippen LogP contribution in [0.1, 0.15) is 33.1 Å². The maximum Gasteiger partial charge on any atom is 0.317 e. The van der Waals surface area contributed by atoms with Crippen LogP contribution in [-0.4, -0.2) is 40.6 Å². The summed E-state index contributed by atoms with van der Waals surface area (Å²) in [5.41, 5.74) is 0. The molecule has 2 amide bonds.